The van der Waals surface area contributed by atoms with Gasteiger partial charge in [-0.1, -0.05) is 220 Å². The lowest BCUT2D eigenvalue weighted by Gasteiger charge is -2.22. The van der Waals surface area contributed by atoms with Crippen molar-refractivity contribution in [3.05, 3.63) is 272 Å². The summed E-state index contributed by atoms with van der Waals surface area (Å²) >= 11 is 0. The molecule has 0 N–H and O–H groups in total. The van der Waals surface area contributed by atoms with E-state index in [9.17, 15) is 0 Å². The Bertz CT molecular complexity index is 4520. The molecule has 5 heteroatoms. The minimum atomic E-state index is -0.102. The average Bonchev–Trinajstić information content (AvgIpc) is 4.33. The van der Waals surface area contributed by atoms with Gasteiger partial charge in [-0.2, -0.15) is 0 Å². The van der Waals surface area contributed by atoms with Crippen LogP contribution in [0.4, 0.5) is 0 Å². The third kappa shape index (κ3) is 7.34. The lowest BCUT2D eigenvalue weighted by molar-refractivity contribution is 0.660. The first-order chi connectivity index (χ1) is 37.9. The fourth-order valence-corrected chi connectivity index (χ4v) is 12.1. The van der Waals surface area contributed by atoms with Crippen LogP contribution in [0.25, 0.3) is 134 Å². The molecular formula is C72H49N5. The second kappa shape index (κ2) is 17.6. The second-order valence-electron chi connectivity index (χ2n) is 20.8. The van der Waals surface area contributed by atoms with Crippen molar-refractivity contribution in [1.29, 1.82) is 0 Å². The Morgan fingerprint density at radius 3 is 1.36 bits per heavy atom. The molecule has 0 unspecified atom stereocenters. The Balaban J connectivity index is 0.831. The molecule has 0 radical (unpaired) electrons. The number of fused-ring (bicyclic) bond motifs is 9. The van der Waals surface area contributed by atoms with Crippen molar-refractivity contribution < 1.29 is 0 Å². The molecule has 0 saturated heterocycles. The number of para-hydroxylation sites is 2. The molecule has 77 heavy (non-hydrogen) atoms. The topological polar surface area (TPSA) is 48.5 Å². The van der Waals surface area contributed by atoms with Gasteiger partial charge in [0.25, 0.3) is 0 Å². The predicted octanol–water partition coefficient (Wildman–Crippen LogP) is 18.4. The van der Waals surface area contributed by atoms with Gasteiger partial charge in [0.15, 0.2) is 17.5 Å². The highest BCUT2D eigenvalue weighted by Gasteiger charge is 2.35. The van der Waals surface area contributed by atoms with E-state index in [0.717, 1.165) is 61.2 Å². The zero-order valence-corrected chi connectivity index (χ0v) is 42.6. The van der Waals surface area contributed by atoms with Crippen molar-refractivity contribution in [2.24, 2.45) is 0 Å². The Morgan fingerprint density at radius 1 is 0.260 bits per heavy atom. The summed E-state index contributed by atoms with van der Waals surface area (Å²) in [6, 6.07) is 93.9. The molecule has 0 aliphatic heterocycles. The van der Waals surface area contributed by atoms with Crippen LogP contribution in [0.1, 0.15) is 25.0 Å². The smallest absolute Gasteiger partial charge is 0.164 e. The Hall–Kier alpha value is -9.97. The molecule has 11 aromatic carbocycles. The van der Waals surface area contributed by atoms with Gasteiger partial charge < -0.3 is 9.13 Å². The highest BCUT2D eigenvalue weighted by molar-refractivity contribution is 6.12. The molecule has 0 bridgehead atoms. The normalized spacial score (nSPS) is 12.6. The molecule has 0 atom stereocenters. The van der Waals surface area contributed by atoms with Crippen molar-refractivity contribution in [1.82, 2.24) is 24.1 Å². The van der Waals surface area contributed by atoms with E-state index < -0.39 is 0 Å². The van der Waals surface area contributed by atoms with E-state index >= 15 is 0 Å². The van der Waals surface area contributed by atoms with E-state index in [1.165, 1.54) is 66.1 Å². The van der Waals surface area contributed by atoms with Crippen LogP contribution in [0.15, 0.2) is 261 Å². The number of hydrogen-bond acceptors (Lipinski definition) is 3. The van der Waals surface area contributed by atoms with Crippen molar-refractivity contribution in [2.45, 2.75) is 19.3 Å². The third-order valence-corrected chi connectivity index (χ3v) is 16.0. The highest BCUT2D eigenvalue weighted by Crippen LogP contribution is 2.50. The fourth-order valence-electron chi connectivity index (χ4n) is 12.1. The zero-order chi connectivity index (χ0) is 51.2. The number of benzene rings is 11. The van der Waals surface area contributed by atoms with Crippen molar-refractivity contribution >= 4 is 43.6 Å². The van der Waals surface area contributed by atoms with E-state index in [1.54, 1.807) is 0 Å². The summed E-state index contributed by atoms with van der Waals surface area (Å²) in [4.78, 5) is 15.6. The largest absolute Gasteiger partial charge is 0.309 e. The van der Waals surface area contributed by atoms with Crippen LogP contribution in [0.2, 0.25) is 0 Å². The number of hydrogen-bond donors (Lipinski definition) is 0. The standard InChI is InChI=1S/C72H49N5/c1-72(2)63-25-12-9-22-57(63)58-40-38-56(45-64(58)72)77-65-26-13-10-23-59(65)61-39-36-53(44-68(61)77)52-37-41-67-62(43-52)60-24-11-14-27-66(60)76(67)55-21-15-20-54(42-55)71-74-69(50-32-28-48(29-33-50)46-16-5-3-6-17-46)73-70(75-71)51-34-30-49(31-35-51)47-18-7-4-8-19-47/h3-45H,1-2H3. The maximum Gasteiger partial charge on any atom is 0.164 e. The van der Waals surface area contributed by atoms with Crippen LogP contribution in [-0.4, -0.2) is 24.1 Å². The molecular weight excluding hydrogens is 935 g/mol. The quantitative estimate of drug-likeness (QED) is 0.152. The minimum Gasteiger partial charge on any atom is -0.309 e. The van der Waals surface area contributed by atoms with Gasteiger partial charge >= 0.3 is 0 Å². The van der Waals surface area contributed by atoms with E-state index in [4.69, 9.17) is 15.0 Å². The van der Waals surface area contributed by atoms with Gasteiger partial charge in [0.05, 0.1) is 22.1 Å². The van der Waals surface area contributed by atoms with Crippen LogP contribution in [0.3, 0.4) is 0 Å². The lowest BCUT2D eigenvalue weighted by Crippen LogP contribution is -2.15. The van der Waals surface area contributed by atoms with Gasteiger partial charge in [-0.25, -0.2) is 15.0 Å². The van der Waals surface area contributed by atoms with Crippen molar-refractivity contribution in [3.8, 4) is 90.0 Å². The summed E-state index contributed by atoms with van der Waals surface area (Å²) in [5, 5.41) is 4.86. The molecule has 1 aliphatic carbocycles. The summed E-state index contributed by atoms with van der Waals surface area (Å²) in [7, 11) is 0. The van der Waals surface area contributed by atoms with Crippen molar-refractivity contribution in [3.63, 3.8) is 0 Å². The summed E-state index contributed by atoms with van der Waals surface area (Å²) < 4.78 is 4.84. The molecule has 14 aromatic rings. The maximum absolute atomic E-state index is 5.22. The first kappa shape index (κ1) is 44.5. The molecule has 3 aromatic heterocycles. The Labute approximate surface area is 446 Å². The molecule has 0 fully saturated rings. The van der Waals surface area contributed by atoms with Gasteiger partial charge in [0.2, 0.25) is 0 Å². The van der Waals surface area contributed by atoms with Crippen LogP contribution in [-0.2, 0) is 5.41 Å². The average molecular weight is 984 g/mol. The fraction of sp³-hybridized carbons (Fsp3) is 0.0417. The number of aromatic nitrogens is 5. The summed E-state index contributed by atoms with van der Waals surface area (Å²) in [5.74, 6) is 1.84. The molecule has 0 spiro atoms. The van der Waals surface area contributed by atoms with Crippen molar-refractivity contribution in [2.75, 3.05) is 0 Å². The molecule has 3 heterocycles. The van der Waals surface area contributed by atoms with E-state index in [1.807, 2.05) is 12.1 Å². The van der Waals surface area contributed by atoms with Crippen LogP contribution in [0, 0.1) is 0 Å². The maximum atomic E-state index is 5.22. The zero-order valence-electron chi connectivity index (χ0n) is 42.6. The summed E-state index contributed by atoms with van der Waals surface area (Å²) in [6.07, 6.45) is 0. The van der Waals surface area contributed by atoms with Crippen LogP contribution in [0.5, 0.6) is 0 Å². The second-order valence-corrected chi connectivity index (χ2v) is 20.8. The molecule has 1 aliphatic rings. The number of nitrogens with zero attached hydrogens (tertiary/aromatic N) is 5. The first-order valence-electron chi connectivity index (χ1n) is 26.4. The lowest BCUT2D eigenvalue weighted by atomic mass is 9.82. The van der Waals surface area contributed by atoms with E-state index in [0.29, 0.717) is 17.5 Å². The third-order valence-electron chi connectivity index (χ3n) is 16.0. The molecule has 5 nitrogen and oxygen atoms in total. The SMILES string of the molecule is CC1(C)c2ccccc2-c2ccc(-n3c4ccccc4c4ccc(-c5ccc6c(c5)c5ccccc5n6-c5cccc(-c6nc(-c7ccc(-c8ccccc8)cc7)nc(-c7ccc(-c8ccccc8)cc7)n6)c5)cc43)cc21. The molecule has 0 saturated carbocycles. The van der Waals surface area contributed by atoms with Crippen LogP contribution >= 0.6 is 0 Å². The van der Waals surface area contributed by atoms with Crippen LogP contribution < -0.4 is 0 Å². The summed E-state index contributed by atoms with van der Waals surface area (Å²) in [5.41, 5.74) is 21.8. The van der Waals surface area contributed by atoms with E-state index in [2.05, 4.69) is 272 Å². The Kier molecular flexibility index (Phi) is 10.2. The minimum absolute atomic E-state index is 0.102. The monoisotopic (exact) mass is 983 g/mol. The van der Waals surface area contributed by atoms with Gasteiger partial charge in [-0.3, -0.25) is 0 Å². The van der Waals surface area contributed by atoms with Gasteiger partial charge in [0.1, 0.15) is 0 Å². The van der Waals surface area contributed by atoms with Gasteiger partial charge in [0, 0.05) is 55.0 Å². The molecule has 362 valence electrons. The highest BCUT2D eigenvalue weighted by atomic mass is 15.0. The number of rotatable bonds is 8. The summed E-state index contributed by atoms with van der Waals surface area (Å²) in [6.45, 7) is 4.71. The van der Waals surface area contributed by atoms with Gasteiger partial charge in [-0.15, -0.1) is 0 Å². The molecule has 0 amide bonds. The first-order valence-corrected chi connectivity index (χ1v) is 26.4. The Morgan fingerprint density at radius 2 is 0.701 bits per heavy atom. The molecule has 15 rings (SSSR count). The van der Waals surface area contributed by atoms with Gasteiger partial charge in [-0.05, 0) is 110 Å². The predicted molar refractivity (Wildman–Crippen MR) is 319 cm³/mol. The van der Waals surface area contributed by atoms with E-state index in [-0.39, 0.29) is 5.41 Å².